The van der Waals surface area contributed by atoms with Gasteiger partial charge in [-0.25, -0.2) is 4.98 Å². The maximum Gasteiger partial charge on any atom is 0.305 e. The van der Waals surface area contributed by atoms with Gasteiger partial charge in [-0.15, -0.1) is 0 Å². The van der Waals surface area contributed by atoms with Gasteiger partial charge in [0.25, 0.3) is 5.91 Å². The lowest BCUT2D eigenvalue weighted by molar-refractivity contribution is -0.137. The molecule has 0 saturated carbocycles. The zero-order valence-corrected chi connectivity index (χ0v) is 11.4. The molecule has 7 nitrogen and oxygen atoms in total. The van der Waals surface area contributed by atoms with Gasteiger partial charge in [0.1, 0.15) is 5.76 Å². The zero-order chi connectivity index (χ0) is 14.5. The number of hydrogen-bond donors (Lipinski definition) is 1. The van der Waals surface area contributed by atoms with Crippen molar-refractivity contribution in [2.45, 2.75) is 32.3 Å². The molecule has 110 valence electrons. The molecule has 7 heteroatoms. The van der Waals surface area contributed by atoms with Crippen LogP contribution < -0.4 is 0 Å². The fraction of sp³-hybridized carbons (Fsp3) is 0.615. The van der Waals surface area contributed by atoms with E-state index in [0.29, 0.717) is 18.9 Å². The van der Waals surface area contributed by atoms with Crippen LogP contribution in [0.15, 0.2) is 10.8 Å². The van der Waals surface area contributed by atoms with Crippen molar-refractivity contribution in [3.8, 4) is 0 Å². The first-order valence-electron chi connectivity index (χ1n) is 6.60. The molecular weight excluding hydrogens is 264 g/mol. The van der Waals surface area contributed by atoms with Gasteiger partial charge in [0.2, 0.25) is 0 Å². The van der Waals surface area contributed by atoms with E-state index in [2.05, 4.69) is 4.98 Å². The Labute approximate surface area is 116 Å². The maximum absolute atomic E-state index is 12.4. The number of carboxylic acid groups (broad SMARTS) is 1. The third kappa shape index (κ3) is 3.57. The molecule has 1 unspecified atom stereocenters. The minimum Gasteiger partial charge on any atom is -0.481 e. The van der Waals surface area contributed by atoms with Crippen LogP contribution in [0.25, 0.3) is 0 Å². The van der Waals surface area contributed by atoms with Gasteiger partial charge in [-0.3, -0.25) is 9.59 Å². The molecule has 1 amide bonds. The van der Waals surface area contributed by atoms with Crippen LogP contribution in [0.3, 0.4) is 0 Å². The van der Waals surface area contributed by atoms with Gasteiger partial charge in [0.05, 0.1) is 12.5 Å². The van der Waals surface area contributed by atoms with Crippen molar-refractivity contribution in [3.63, 3.8) is 0 Å². The van der Waals surface area contributed by atoms with Crippen molar-refractivity contribution >= 4 is 11.9 Å². The molecule has 0 aliphatic carbocycles. The largest absolute Gasteiger partial charge is 0.481 e. The highest BCUT2D eigenvalue weighted by molar-refractivity contribution is 5.93. The molecule has 0 spiro atoms. The SMILES string of the molecule is Cc1ocnc1C(=O)N(CCC(=O)O)CC1CCCO1. The summed E-state index contributed by atoms with van der Waals surface area (Å²) in [5.41, 5.74) is 0.230. The molecule has 1 aliphatic rings. The molecule has 1 aromatic heterocycles. The van der Waals surface area contributed by atoms with E-state index in [4.69, 9.17) is 14.3 Å². The second-order valence-electron chi connectivity index (χ2n) is 4.79. The molecule has 0 aromatic carbocycles. The molecule has 2 rings (SSSR count). The third-order valence-electron chi connectivity index (χ3n) is 3.28. The van der Waals surface area contributed by atoms with E-state index < -0.39 is 5.97 Å². The van der Waals surface area contributed by atoms with Gasteiger partial charge in [-0.05, 0) is 19.8 Å². The van der Waals surface area contributed by atoms with Crippen LogP contribution in [0.5, 0.6) is 0 Å². The van der Waals surface area contributed by atoms with Crippen molar-refractivity contribution in [1.29, 1.82) is 0 Å². The summed E-state index contributed by atoms with van der Waals surface area (Å²) in [5.74, 6) is -0.817. The van der Waals surface area contributed by atoms with Crippen LogP contribution in [0, 0.1) is 6.92 Å². The normalized spacial score (nSPS) is 18.1. The predicted molar refractivity (Wildman–Crippen MR) is 68.4 cm³/mol. The number of carbonyl (C=O) groups excluding carboxylic acids is 1. The Kier molecular flexibility index (Phi) is 4.73. The minimum absolute atomic E-state index is 0.0278. The smallest absolute Gasteiger partial charge is 0.305 e. The first kappa shape index (κ1) is 14.5. The molecule has 1 fully saturated rings. The zero-order valence-electron chi connectivity index (χ0n) is 11.4. The Hall–Kier alpha value is -1.89. The number of oxazole rings is 1. The van der Waals surface area contributed by atoms with E-state index >= 15 is 0 Å². The number of ether oxygens (including phenoxy) is 1. The number of aryl methyl sites for hydroxylation is 1. The second kappa shape index (κ2) is 6.51. The lowest BCUT2D eigenvalue weighted by atomic mass is 10.2. The first-order valence-corrected chi connectivity index (χ1v) is 6.60. The summed E-state index contributed by atoms with van der Waals surface area (Å²) in [7, 11) is 0. The summed E-state index contributed by atoms with van der Waals surface area (Å²) in [6, 6.07) is 0. The van der Waals surface area contributed by atoms with E-state index in [0.717, 1.165) is 12.8 Å². The fourth-order valence-electron chi connectivity index (χ4n) is 2.20. The van der Waals surface area contributed by atoms with Gasteiger partial charge in [0.15, 0.2) is 12.1 Å². The summed E-state index contributed by atoms with van der Waals surface area (Å²) < 4.78 is 10.5. The average molecular weight is 282 g/mol. The quantitative estimate of drug-likeness (QED) is 0.839. The van der Waals surface area contributed by atoms with Crippen LogP contribution in [0.1, 0.15) is 35.5 Å². The topological polar surface area (TPSA) is 92.9 Å². The van der Waals surface area contributed by atoms with E-state index in [1.54, 1.807) is 6.92 Å². The number of hydrogen-bond acceptors (Lipinski definition) is 5. The highest BCUT2D eigenvalue weighted by Gasteiger charge is 2.26. The lowest BCUT2D eigenvalue weighted by Crippen LogP contribution is -2.39. The highest BCUT2D eigenvalue weighted by atomic mass is 16.5. The van der Waals surface area contributed by atoms with Crippen LogP contribution in [0.2, 0.25) is 0 Å². The summed E-state index contributed by atoms with van der Waals surface area (Å²) in [5, 5.41) is 8.79. The molecule has 1 saturated heterocycles. The van der Waals surface area contributed by atoms with Crippen LogP contribution in [-0.4, -0.2) is 52.7 Å². The van der Waals surface area contributed by atoms with E-state index in [-0.39, 0.29) is 30.7 Å². The van der Waals surface area contributed by atoms with E-state index in [1.807, 2.05) is 0 Å². The maximum atomic E-state index is 12.4. The molecule has 1 atom stereocenters. The molecule has 1 aliphatic heterocycles. The summed E-state index contributed by atoms with van der Waals surface area (Å²) in [6.45, 7) is 2.87. The van der Waals surface area contributed by atoms with Gasteiger partial charge in [-0.1, -0.05) is 0 Å². The molecule has 20 heavy (non-hydrogen) atoms. The van der Waals surface area contributed by atoms with Crippen LogP contribution >= 0.6 is 0 Å². The van der Waals surface area contributed by atoms with E-state index in [1.165, 1.54) is 11.3 Å². The number of aromatic nitrogens is 1. The second-order valence-corrected chi connectivity index (χ2v) is 4.79. The molecular formula is C13H18N2O5. The Balaban J connectivity index is 2.05. The van der Waals surface area contributed by atoms with Crippen molar-refractivity contribution in [3.05, 3.63) is 17.8 Å². The van der Waals surface area contributed by atoms with Crippen LogP contribution in [-0.2, 0) is 9.53 Å². The Morgan fingerprint density at radius 3 is 2.90 bits per heavy atom. The Morgan fingerprint density at radius 1 is 1.55 bits per heavy atom. The molecule has 1 N–H and O–H groups in total. The first-order chi connectivity index (χ1) is 9.58. The van der Waals surface area contributed by atoms with Crippen molar-refractivity contribution < 1.29 is 23.8 Å². The average Bonchev–Trinajstić information content (AvgIpc) is 3.04. The third-order valence-corrected chi connectivity index (χ3v) is 3.28. The predicted octanol–water partition coefficient (Wildman–Crippen LogP) is 1.08. The standard InChI is InChI=1S/C13H18N2O5/c1-9-12(14-8-20-9)13(18)15(5-4-11(16)17)7-10-3-2-6-19-10/h8,10H,2-7H2,1H3,(H,16,17). The molecule has 0 radical (unpaired) electrons. The van der Waals surface area contributed by atoms with E-state index in [9.17, 15) is 9.59 Å². The summed E-state index contributed by atoms with van der Waals surface area (Å²) in [6.07, 6.45) is 2.93. The van der Waals surface area contributed by atoms with Crippen molar-refractivity contribution in [1.82, 2.24) is 9.88 Å². The van der Waals surface area contributed by atoms with Crippen LogP contribution in [0.4, 0.5) is 0 Å². The monoisotopic (exact) mass is 282 g/mol. The summed E-state index contributed by atoms with van der Waals surface area (Å²) in [4.78, 5) is 28.5. The summed E-state index contributed by atoms with van der Waals surface area (Å²) >= 11 is 0. The molecule has 0 bridgehead atoms. The Morgan fingerprint density at radius 2 is 2.35 bits per heavy atom. The molecule has 2 heterocycles. The van der Waals surface area contributed by atoms with Crippen molar-refractivity contribution in [2.24, 2.45) is 0 Å². The van der Waals surface area contributed by atoms with Crippen molar-refractivity contribution in [2.75, 3.05) is 19.7 Å². The minimum atomic E-state index is -0.938. The van der Waals surface area contributed by atoms with Gasteiger partial charge < -0.3 is 19.2 Å². The number of carbonyl (C=O) groups is 2. The number of carboxylic acids is 1. The number of amides is 1. The number of aliphatic carboxylic acids is 1. The highest BCUT2D eigenvalue weighted by Crippen LogP contribution is 2.16. The number of rotatable bonds is 6. The number of nitrogens with zero attached hydrogens (tertiary/aromatic N) is 2. The Bertz CT molecular complexity index is 479. The van der Waals surface area contributed by atoms with Gasteiger partial charge in [0, 0.05) is 19.7 Å². The van der Waals surface area contributed by atoms with Gasteiger partial charge in [-0.2, -0.15) is 0 Å². The van der Waals surface area contributed by atoms with Gasteiger partial charge >= 0.3 is 5.97 Å². The fourth-order valence-corrected chi connectivity index (χ4v) is 2.20. The molecule has 1 aromatic rings. The lowest BCUT2D eigenvalue weighted by Gasteiger charge is -2.24.